The predicted molar refractivity (Wildman–Crippen MR) is 229 cm³/mol. The Kier molecular flexibility index (Phi) is 8.52. The van der Waals surface area contributed by atoms with Crippen molar-refractivity contribution in [2.45, 2.75) is 43.9 Å². The highest BCUT2D eigenvalue weighted by molar-refractivity contribution is 5.96. The van der Waals surface area contributed by atoms with E-state index in [1.165, 1.54) is 61.2 Å². The molecule has 1 unspecified atom stereocenters. The molecule has 264 valence electrons. The van der Waals surface area contributed by atoms with Crippen molar-refractivity contribution in [3.63, 3.8) is 0 Å². The second kappa shape index (κ2) is 14.1. The molecule has 0 N–H and O–H groups in total. The maximum absolute atomic E-state index is 5.17. The number of benzene rings is 5. The van der Waals surface area contributed by atoms with Gasteiger partial charge in [-0.3, -0.25) is 0 Å². The van der Waals surface area contributed by atoms with Crippen molar-refractivity contribution >= 4 is 11.1 Å². The van der Waals surface area contributed by atoms with E-state index in [0.717, 1.165) is 66.9 Å². The third-order valence-electron chi connectivity index (χ3n) is 11.6. The van der Waals surface area contributed by atoms with Crippen LogP contribution in [-0.2, 0) is 5.41 Å². The minimum atomic E-state index is -0.383. The molecule has 0 radical (unpaired) electrons. The lowest BCUT2D eigenvalue weighted by molar-refractivity contribution is 0.751. The smallest absolute Gasteiger partial charge is 0.160 e. The number of rotatable bonds is 7. The molecule has 55 heavy (non-hydrogen) atoms. The van der Waals surface area contributed by atoms with Crippen LogP contribution in [0, 0.1) is 0 Å². The maximum atomic E-state index is 5.17. The van der Waals surface area contributed by atoms with E-state index in [1.807, 2.05) is 0 Å². The molecule has 0 spiro atoms. The van der Waals surface area contributed by atoms with Gasteiger partial charge >= 0.3 is 0 Å². The molecule has 2 heteroatoms. The summed E-state index contributed by atoms with van der Waals surface area (Å²) in [5, 5.41) is 0. The van der Waals surface area contributed by atoms with Crippen molar-refractivity contribution < 1.29 is 0 Å². The summed E-state index contributed by atoms with van der Waals surface area (Å²) in [6.07, 6.45) is 27.0. The Labute approximate surface area is 324 Å². The van der Waals surface area contributed by atoms with Gasteiger partial charge in [-0.25, -0.2) is 9.97 Å². The quantitative estimate of drug-likeness (QED) is 0.165. The summed E-state index contributed by atoms with van der Waals surface area (Å²) in [6.45, 7) is 0. The van der Waals surface area contributed by atoms with E-state index in [-0.39, 0.29) is 5.41 Å². The highest BCUT2D eigenvalue weighted by atomic mass is 14.9. The van der Waals surface area contributed by atoms with Crippen LogP contribution in [0.4, 0.5) is 0 Å². The zero-order chi connectivity index (χ0) is 36.6. The lowest BCUT2D eigenvalue weighted by atomic mass is 9.66. The summed E-state index contributed by atoms with van der Waals surface area (Å²) in [6, 6.07) is 47.1. The van der Waals surface area contributed by atoms with Crippen molar-refractivity contribution in [2.24, 2.45) is 0 Å². The Balaban J connectivity index is 1.09. The number of aromatic nitrogens is 2. The first-order valence-corrected chi connectivity index (χ1v) is 19.8. The van der Waals surface area contributed by atoms with E-state index >= 15 is 0 Å². The zero-order valence-electron chi connectivity index (χ0n) is 31.0. The molecule has 0 aliphatic heterocycles. The monoisotopic (exact) mass is 706 g/mol. The number of hydrogen-bond donors (Lipinski definition) is 0. The highest BCUT2D eigenvalue weighted by Crippen LogP contribution is 2.59. The Morgan fingerprint density at radius 1 is 0.418 bits per heavy atom. The maximum Gasteiger partial charge on any atom is 0.160 e. The molecule has 2 nitrogen and oxygen atoms in total. The molecule has 0 bridgehead atoms. The second-order valence-electron chi connectivity index (χ2n) is 14.9. The van der Waals surface area contributed by atoms with Gasteiger partial charge in [0.1, 0.15) is 0 Å². The lowest BCUT2D eigenvalue weighted by Crippen LogP contribution is -2.29. The molecule has 0 saturated heterocycles. The summed E-state index contributed by atoms with van der Waals surface area (Å²) < 4.78 is 0. The summed E-state index contributed by atoms with van der Waals surface area (Å²) >= 11 is 0. The fourth-order valence-electron chi connectivity index (χ4n) is 9.12. The SMILES string of the molecule is C1=CC(c2cc(C3=CCCC=C3)nc(-c3cccc(-c4cccc(-c5cccc6c5-c5ccccc5C6(C5=CCCC=C5)c5ccccc5)c4)c3)n2)=CCC1. The van der Waals surface area contributed by atoms with Crippen molar-refractivity contribution in [1.82, 2.24) is 9.97 Å². The van der Waals surface area contributed by atoms with Gasteiger partial charge in [0.2, 0.25) is 0 Å². The molecule has 1 heterocycles. The van der Waals surface area contributed by atoms with Crippen LogP contribution in [0.3, 0.4) is 0 Å². The van der Waals surface area contributed by atoms with Gasteiger partial charge in [-0.15, -0.1) is 0 Å². The van der Waals surface area contributed by atoms with Crippen LogP contribution in [0.15, 0.2) is 188 Å². The van der Waals surface area contributed by atoms with Crippen LogP contribution in [0.25, 0.3) is 55.9 Å². The Hall–Kier alpha value is -6.38. The normalized spacial score (nSPS) is 18.3. The first kappa shape index (κ1) is 33.2. The molecule has 10 rings (SSSR count). The van der Waals surface area contributed by atoms with Crippen LogP contribution < -0.4 is 0 Å². The minimum absolute atomic E-state index is 0.383. The third-order valence-corrected chi connectivity index (χ3v) is 11.6. The third kappa shape index (κ3) is 5.81. The molecule has 6 aromatic rings. The van der Waals surface area contributed by atoms with Crippen molar-refractivity contribution in [1.29, 1.82) is 0 Å². The van der Waals surface area contributed by atoms with Crippen LogP contribution in [0.1, 0.15) is 66.6 Å². The van der Waals surface area contributed by atoms with Crippen LogP contribution in [0.2, 0.25) is 0 Å². The molecule has 0 saturated carbocycles. The molecular formula is C53H42N2. The van der Waals surface area contributed by atoms with Crippen molar-refractivity contribution in [2.75, 3.05) is 0 Å². The number of fused-ring (bicyclic) bond motifs is 3. The number of nitrogens with zero attached hydrogens (tertiary/aromatic N) is 2. The largest absolute Gasteiger partial charge is 0.228 e. The first-order valence-electron chi connectivity index (χ1n) is 19.8. The molecule has 1 atom stereocenters. The van der Waals surface area contributed by atoms with E-state index in [2.05, 4.69) is 182 Å². The van der Waals surface area contributed by atoms with E-state index in [0.29, 0.717) is 0 Å². The van der Waals surface area contributed by atoms with Crippen LogP contribution in [0.5, 0.6) is 0 Å². The van der Waals surface area contributed by atoms with Gasteiger partial charge in [0.15, 0.2) is 5.82 Å². The van der Waals surface area contributed by atoms with E-state index in [4.69, 9.17) is 9.97 Å². The fourth-order valence-corrected chi connectivity index (χ4v) is 9.12. The van der Waals surface area contributed by atoms with Crippen LogP contribution in [-0.4, -0.2) is 9.97 Å². The predicted octanol–water partition coefficient (Wildman–Crippen LogP) is 13.5. The minimum Gasteiger partial charge on any atom is -0.228 e. The lowest BCUT2D eigenvalue weighted by Gasteiger charge is -2.35. The molecule has 5 aromatic carbocycles. The summed E-state index contributed by atoms with van der Waals surface area (Å²) in [7, 11) is 0. The van der Waals surface area contributed by atoms with Gasteiger partial charge in [-0.1, -0.05) is 164 Å². The van der Waals surface area contributed by atoms with E-state index in [9.17, 15) is 0 Å². The van der Waals surface area contributed by atoms with Gasteiger partial charge < -0.3 is 0 Å². The van der Waals surface area contributed by atoms with Gasteiger partial charge in [0.25, 0.3) is 0 Å². The first-order chi connectivity index (χ1) is 27.3. The average Bonchev–Trinajstić information content (AvgIpc) is 3.59. The topological polar surface area (TPSA) is 25.8 Å². The standard InChI is InChI=1S/C53H42N2/c1-5-18-37(19-6-1)49-36-50(38-20-7-2-8-21-38)55-52(54-49)42-25-16-23-40(35-42)39-22-15-24-41(34-39)45-31-17-33-48-51(45)46-30-13-14-32-47(46)53(48,43-26-9-3-10-27-43)44-28-11-4-12-29-44/h3,5,7,9-11,13-36H,1-2,4,6,8,12H2. The molecular weight excluding hydrogens is 665 g/mol. The van der Waals surface area contributed by atoms with Crippen molar-refractivity contribution in [3.8, 4) is 44.8 Å². The summed E-state index contributed by atoms with van der Waals surface area (Å²) in [5.41, 5.74) is 17.7. The number of hydrogen-bond acceptors (Lipinski definition) is 2. The van der Waals surface area contributed by atoms with E-state index in [1.54, 1.807) is 0 Å². The second-order valence-corrected chi connectivity index (χ2v) is 14.9. The Bertz CT molecular complexity index is 2600. The molecule has 4 aliphatic carbocycles. The summed E-state index contributed by atoms with van der Waals surface area (Å²) in [4.78, 5) is 10.3. The van der Waals surface area contributed by atoms with Crippen molar-refractivity contribution in [3.05, 3.63) is 216 Å². The highest BCUT2D eigenvalue weighted by Gasteiger charge is 2.47. The van der Waals surface area contributed by atoms with Gasteiger partial charge in [0.05, 0.1) is 16.8 Å². The molecule has 0 amide bonds. The van der Waals surface area contributed by atoms with Crippen LogP contribution >= 0.6 is 0 Å². The van der Waals surface area contributed by atoms with Gasteiger partial charge in [0, 0.05) is 5.56 Å². The Morgan fingerprint density at radius 3 is 1.65 bits per heavy atom. The van der Waals surface area contributed by atoms with E-state index < -0.39 is 0 Å². The van der Waals surface area contributed by atoms with Gasteiger partial charge in [-0.2, -0.15) is 0 Å². The Morgan fingerprint density at radius 2 is 0.982 bits per heavy atom. The molecule has 4 aliphatic rings. The summed E-state index contributed by atoms with van der Waals surface area (Å²) in [5.74, 6) is 0.756. The number of allylic oxidation sites excluding steroid dienone is 12. The molecule has 0 fully saturated rings. The van der Waals surface area contributed by atoms with Gasteiger partial charge in [-0.05, 0) is 124 Å². The average molecular weight is 707 g/mol. The zero-order valence-corrected chi connectivity index (χ0v) is 31.0. The molecule has 1 aromatic heterocycles. The fraction of sp³-hybridized carbons (Fsp3) is 0.132.